The number of aliphatic hydroxyl groups is 1. The highest BCUT2D eigenvalue weighted by Crippen LogP contribution is 2.20. The van der Waals surface area contributed by atoms with Crippen molar-refractivity contribution >= 4 is 11.7 Å². The predicted molar refractivity (Wildman–Crippen MR) is 99.2 cm³/mol. The van der Waals surface area contributed by atoms with E-state index in [2.05, 4.69) is 15.5 Å². The first kappa shape index (κ1) is 19.3. The Morgan fingerprint density at radius 3 is 2.67 bits per heavy atom. The summed E-state index contributed by atoms with van der Waals surface area (Å²) in [6, 6.07) is 12.1. The molecule has 2 aromatic rings. The number of carbonyl (C=O) groups is 1. The van der Waals surface area contributed by atoms with Crippen LogP contribution in [0, 0.1) is 17.6 Å². The lowest BCUT2D eigenvalue weighted by Gasteiger charge is -2.38. The number of rotatable bonds is 5. The fraction of sp³-hybridized carbons (Fsp3) is 0.350. The lowest BCUT2D eigenvalue weighted by atomic mass is 9.92. The van der Waals surface area contributed by atoms with Gasteiger partial charge in [0, 0.05) is 37.7 Å². The minimum absolute atomic E-state index is 0.0327. The number of hydrogen-bond donors (Lipinski definition) is 3. The summed E-state index contributed by atoms with van der Waals surface area (Å²) in [5.41, 5.74) is 1.09. The van der Waals surface area contributed by atoms with Crippen molar-refractivity contribution in [2.75, 3.05) is 25.0 Å². The van der Waals surface area contributed by atoms with Gasteiger partial charge >= 0.3 is 6.03 Å². The van der Waals surface area contributed by atoms with E-state index >= 15 is 0 Å². The van der Waals surface area contributed by atoms with Crippen molar-refractivity contribution in [3.63, 3.8) is 0 Å². The number of nitrogens with zero attached hydrogens (tertiary/aromatic N) is 1. The molecule has 1 saturated heterocycles. The molecule has 7 heteroatoms. The monoisotopic (exact) mass is 375 g/mol. The van der Waals surface area contributed by atoms with E-state index in [1.807, 2.05) is 30.3 Å². The van der Waals surface area contributed by atoms with E-state index in [0.717, 1.165) is 25.6 Å². The van der Waals surface area contributed by atoms with Crippen molar-refractivity contribution in [1.29, 1.82) is 0 Å². The number of halogens is 2. The molecule has 2 amide bonds. The van der Waals surface area contributed by atoms with Crippen molar-refractivity contribution < 1.29 is 18.7 Å². The second-order valence-corrected chi connectivity index (χ2v) is 6.78. The van der Waals surface area contributed by atoms with Gasteiger partial charge in [-0.25, -0.2) is 13.6 Å². The number of benzene rings is 2. The van der Waals surface area contributed by atoms with Crippen molar-refractivity contribution in [3.8, 4) is 0 Å². The molecule has 1 aliphatic heterocycles. The van der Waals surface area contributed by atoms with Crippen LogP contribution in [-0.4, -0.2) is 41.8 Å². The van der Waals surface area contributed by atoms with Crippen LogP contribution in [0.15, 0.2) is 48.5 Å². The molecule has 27 heavy (non-hydrogen) atoms. The molecule has 0 aliphatic carbocycles. The number of amides is 2. The van der Waals surface area contributed by atoms with E-state index in [9.17, 15) is 18.7 Å². The first-order valence-electron chi connectivity index (χ1n) is 8.95. The number of likely N-dealkylation sites (tertiary alicyclic amines) is 1. The number of urea groups is 1. The molecule has 144 valence electrons. The zero-order valence-corrected chi connectivity index (χ0v) is 14.9. The molecule has 2 atom stereocenters. The van der Waals surface area contributed by atoms with Crippen LogP contribution >= 0.6 is 0 Å². The van der Waals surface area contributed by atoms with Crippen molar-refractivity contribution in [1.82, 2.24) is 10.2 Å². The zero-order chi connectivity index (χ0) is 19.2. The summed E-state index contributed by atoms with van der Waals surface area (Å²) in [4.78, 5) is 14.5. The Kier molecular flexibility index (Phi) is 6.36. The molecule has 5 nitrogen and oxygen atoms in total. The van der Waals surface area contributed by atoms with Crippen molar-refractivity contribution in [3.05, 3.63) is 65.7 Å². The summed E-state index contributed by atoms with van der Waals surface area (Å²) in [5, 5.41) is 14.8. The Morgan fingerprint density at radius 1 is 1.19 bits per heavy atom. The molecule has 0 bridgehead atoms. The third kappa shape index (κ3) is 5.24. The van der Waals surface area contributed by atoms with Gasteiger partial charge in [0.15, 0.2) is 0 Å². The fourth-order valence-electron chi connectivity index (χ4n) is 3.35. The van der Waals surface area contributed by atoms with Gasteiger partial charge < -0.3 is 15.7 Å². The molecule has 3 N–H and O–H groups in total. The molecule has 0 unspecified atom stereocenters. The van der Waals surface area contributed by atoms with Crippen LogP contribution in [0.25, 0.3) is 0 Å². The number of carbonyl (C=O) groups excluding carboxylic acids is 1. The Balaban J connectivity index is 1.60. The molecule has 1 heterocycles. The minimum Gasteiger partial charge on any atom is -0.396 e. The lowest BCUT2D eigenvalue weighted by molar-refractivity contribution is 0.0958. The molecular formula is C20H23F2N3O2. The van der Waals surface area contributed by atoms with Gasteiger partial charge in [-0.3, -0.25) is 4.90 Å². The Labute approximate surface area is 157 Å². The minimum atomic E-state index is -0.835. The highest BCUT2D eigenvalue weighted by molar-refractivity contribution is 5.89. The van der Waals surface area contributed by atoms with E-state index < -0.39 is 17.7 Å². The van der Waals surface area contributed by atoms with Crippen LogP contribution < -0.4 is 10.6 Å². The summed E-state index contributed by atoms with van der Waals surface area (Å²) in [6.07, 6.45) is 0.749. The van der Waals surface area contributed by atoms with E-state index in [0.29, 0.717) is 12.6 Å². The Bertz CT molecular complexity index is 773. The Morgan fingerprint density at radius 2 is 1.96 bits per heavy atom. The van der Waals surface area contributed by atoms with Crippen LogP contribution in [-0.2, 0) is 6.54 Å². The molecule has 0 saturated carbocycles. The van der Waals surface area contributed by atoms with Gasteiger partial charge in [0.2, 0.25) is 0 Å². The molecule has 2 aromatic carbocycles. The molecule has 1 fully saturated rings. The van der Waals surface area contributed by atoms with Gasteiger partial charge in [-0.05, 0) is 30.7 Å². The lowest BCUT2D eigenvalue weighted by Crippen LogP contribution is -2.54. The summed E-state index contributed by atoms with van der Waals surface area (Å²) < 4.78 is 26.7. The topological polar surface area (TPSA) is 64.6 Å². The van der Waals surface area contributed by atoms with Crippen LogP contribution in [0.2, 0.25) is 0 Å². The second kappa shape index (κ2) is 8.92. The average Bonchev–Trinajstić information content (AvgIpc) is 2.65. The van der Waals surface area contributed by atoms with Crippen LogP contribution in [0.5, 0.6) is 0 Å². The molecule has 1 aliphatic rings. The maximum Gasteiger partial charge on any atom is 0.319 e. The quantitative estimate of drug-likeness (QED) is 0.753. The third-order valence-corrected chi connectivity index (χ3v) is 4.82. The normalized spacial score (nSPS) is 20.3. The second-order valence-electron chi connectivity index (χ2n) is 6.78. The number of aliphatic hydroxyl groups excluding tert-OH is 1. The number of piperidine rings is 1. The van der Waals surface area contributed by atoms with Crippen molar-refractivity contribution in [2.24, 2.45) is 5.92 Å². The highest BCUT2D eigenvalue weighted by Gasteiger charge is 2.30. The number of hydrogen-bond acceptors (Lipinski definition) is 3. The maximum atomic E-state index is 13.7. The van der Waals surface area contributed by atoms with Gasteiger partial charge in [0.05, 0.1) is 5.69 Å². The zero-order valence-electron chi connectivity index (χ0n) is 14.9. The highest BCUT2D eigenvalue weighted by atomic mass is 19.1. The van der Waals surface area contributed by atoms with E-state index in [1.54, 1.807) is 0 Å². The number of anilines is 1. The fourth-order valence-corrected chi connectivity index (χ4v) is 3.35. The summed E-state index contributed by atoms with van der Waals surface area (Å²) in [6.45, 7) is 2.13. The van der Waals surface area contributed by atoms with Crippen molar-refractivity contribution in [2.45, 2.75) is 19.0 Å². The predicted octanol–water partition coefficient (Wildman–Crippen LogP) is 2.97. The van der Waals surface area contributed by atoms with E-state index in [-0.39, 0.29) is 24.3 Å². The largest absolute Gasteiger partial charge is 0.396 e. The molecule has 0 radical (unpaired) electrons. The first-order chi connectivity index (χ1) is 13.0. The third-order valence-electron chi connectivity index (χ3n) is 4.82. The van der Waals surface area contributed by atoms with E-state index in [4.69, 9.17) is 0 Å². The van der Waals surface area contributed by atoms with Gasteiger partial charge in [-0.15, -0.1) is 0 Å². The SMILES string of the molecule is O=C(Nc1ccc(F)cc1F)N[C@@H]1CN(Cc2ccccc2)CC[C@H]1CO. The Hall–Kier alpha value is -2.51. The molecular weight excluding hydrogens is 352 g/mol. The maximum absolute atomic E-state index is 13.7. The van der Waals surface area contributed by atoms with Gasteiger partial charge in [-0.1, -0.05) is 30.3 Å². The first-order valence-corrected chi connectivity index (χ1v) is 8.95. The molecule has 0 aromatic heterocycles. The summed E-state index contributed by atoms with van der Waals surface area (Å²) in [7, 11) is 0. The summed E-state index contributed by atoms with van der Waals surface area (Å²) >= 11 is 0. The average molecular weight is 375 g/mol. The summed E-state index contributed by atoms with van der Waals surface area (Å²) in [5.74, 6) is -1.61. The number of nitrogens with one attached hydrogen (secondary N) is 2. The van der Waals surface area contributed by atoms with E-state index in [1.165, 1.54) is 11.6 Å². The van der Waals surface area contributed by atoms with Crippen LogP contribution in [0.1, 0.15) is 12.0 Å². The standard InChI is InChI=1S/C20H23F2N3O2/c21-16-6-7-18(17(22)10-16)23-20(27)24-19-12-25(9-8-15(19)13-26)11-14-4-2-1-3-5-14/h1-7,10,15,19,26H,8-9,11-13H2,(H2,23,24,27)/t15-,19+/m0/s1. The molecule has 3 rings (SSSR count). The van der Waals surface area contributed by atoms with Crippen LogP contribution in [0.4, 0.5) is 19.3 Å². The van der Waals surface area contributed by atoms with Crippen LogP contribution in [0.3, 0.4) is 0 Å². The van der Waals surface area contributed by atoms with Gasteiger partial charge in [0.1, 0.15) is 11.6 Å². The van der Waals surface area contributed by atoms with Gasteiger partial charge in [-0.2, -0.15) is 0 Å². The van der Waals surface area contributed by atoms with Gasteiger partial charge in [0.25, 0.3) is 0 Å². The molecule has 0 spiro atoms. The smallest absolute Gasteiger partial charge is 0.319 e.